The number of aliphatic hydroxyl groups excluding tert-OH is 1. The first-order valence-corrected chi connectivity index (χ1v) is 18.2. The topological polar surface area (TPSA) is 192 Å². The van der Waals surface area contributed by atoms with Gasteiger partial charge in [0.05, 0.1) is 18.6 Å². The van der Waals surface area contributed by atoms with Crippen LogP contribution in [0.4, 0.5) is 17.1 Å². The predicted molar refractivity (Wildman–Crippen MR) is 224 cm³/mol. The number of hydrogen-bond donors (Lipinski definition) is 9. The Balaban J connectivity index is 0.000000190. The summed E-state index contributed by atoms with van der Waals surface area (Å²) in [4.78, 5) is 21.5. The third-order valence-corrected chi connectivity index (χ3v) is 8.66. The molecule has 57 heavy (non-hydrogen) atoms. The Morgan fingerprint density at radius 2 is 0.877 bits per heavy atom. The van der Waals surface area contributed by atoms with Crippen molar-refractivity contribution in [1.82, 2.24) is 0 Å². The van der Waals surface area contributed by atoms with Crippen molar-refractivity contribution in [2.24, 2.45) is 0 Å². The first-order chi connectivity index (χ1) is 27.3. The molecule has 296 valence electrons. The van der Waals surface area contributed by atoms with Gasteiger partial charge in [-0.15, -0.1) is 0 Å². The average Bonchev–Trinajstić information content (AvgIpc) is 3.19. The normalized spacial score (nSPS) is 10.2. The van der Waals surface area contributed by atoms with Gasteiger partial charge in [-0.25, -0.2) is 4.79 Å². The summed E-state index contributed by atoms with van der Waals surface area (Å²) in [5.41, 5.74) is 10.1. The van der Waals surface area contributed by atoms with Crippen molar-refractivity contribution >= 4 is 29.0 Å². The Bertz CT molecular complexity index is 2270. The van der Waals surface area contributed by atoms with Crippen molar-refractivity contribution in [3.63, 3.8) is 0 Å². The van der Waals surface area contributed by atoms with E-state index in [9.17, 15) is 24.9 Å². The van der Waals surface area contributed by atoms with Gasteiger partial charge in [-0.2, -0.15) is 0 Å². The zero-order valence-electron chi connectivity index (χ0n) is 32.2. The van der Waals surface area contributed by atoms with Crippen molar-refractivity contribution < 1.29 is 40.2 Å². The number of aryl methyl sites for hydroxylation is 3. The van der Waals surface area contributed by atoms with E-state index in [2.05, 4.69) is 16.0 Å². The lowest BCUT2D eigenvalue weighted by atomic mass is 10.1. The van der Waals surface area contributed by atoms with Crippen LogP contribution in [0.5, 0.6) is 17.2 Å². The maximum atomic E-state index is 10.9. The number of hydrogen-bond acceptors (Lipinski definition) is 9. The number of aromatic hydroxyl groups is 3. The summed E-state index contributed by atoms with van der Waals surface area (Å²) >= 11 is 0. The Morgan fingerprint density at radius 1 is 0.491 bits per heavy atom. The summed E-state index contributed by atoms with van der Waals surface area (Å²) < 4.78 is 0. The lowest BCUT2D eigenvalue weighted by Gasteiger charge is -2.10. The predicted octanol–water partition coefficient (Wildman–Crippen LogP) is 8.76. The quantitative estimate of drug-likeness (QED) is 0.0545. The number of phenolic OH excluding ortho intramolecular Hbond substituents is 3. The molecular formula is C46H49N3O8. The molecule has 0 atom stereocenters. The third kappa shape index (κ3) is 14.3. The van der Waals surface area contributed by atoms with Crippen LogP contribution in [0.3, 0.4) is 0 Å². The van der Waals surface area contributed by atoms with Gasteiger partial charge in [0.1, 0.15) is 17.2 Å². The molecule has 11 nitrogen and oxygen atoms in total. The van der Waals surface area contributed by atoms with Crippen LogP contribution in [0, 0.1) is 20.8 Å². The molecule has 0 unspecified atom stereocenters. The largest absolute Gasteiger partial charge is 0.508 e. The van der Waals surface area contributed by atoms with Crippen molar-refractivity contribution in [3.8, 4) is 17.2 Å². The number of benzene rings is 6. The van der Waals surface area contributed by atoms with Crippen LogP contribution in [-0.4, -0.2) is 42.6 Å². The van der Waals surface area contributed by atoms with E-state index >= 15 is 0 Å². The summed E-state index contributed by atoms with van der Waals surface area (Å²) in [5.74, 6) is -1.02. The van der Waals surface area contributed by atoms with Gasteiger partial charge in [-0.3, -0.25) is 4.79 Å². The third-order valence-electron chi connectivity index (χ3n) is 8.66. The zero-order chi connectivity index (χ0) is 41.3. The van der Waals surface area contributed by atoms with Crippen LogP contribution >= 0.6 is 0 Å². The molecule has 11 heteroatoms. The van der Waals surface area contributed by atoms with Crippen LogP contribution in [0.2, 0.25) is 0 Å². The molecule has 0 aromatic heterocycles. The second-order valence-electron chi connectivity index (χ2n) is 13.5. The molecule has 6 aromatic carbocycles. The number of aliphatic hydroxyl groups is 1. The fraction of sp³-hybridized carbons (Fsp3) is 0.174. The Morgan fingerprint density at radius 3 is 1.28 bits per heavy atom. The number of phenols is 3. The number of aromatic carboxylic acids is 1. The van der Waals surface area contributed by atoms with E-state index in [0.29, 0.717) is 31.1 Å². The fourth-order valence-corrected chi connectivity index (χ4v) is 5.67. The zero-order valence-corrected chi connectivity index (χ0v) is 32.2. The molecule has 0 fully saturated rings. The molecule has 6 aromatic rings. The first-order valence-electron chi connectivity index (χ1n) is 18.2. The number of carbonyl (C=O) groups is 2. The number of aliphatic carboxylic acids is 1. The first kappa shape index (κ1) is 42.8. The molecule has 6 rings (SSSR count). The van der Waals surface area contributed by atoms with Crippen molar-refractivity contribution in [2.45, 2.75) is 53.4 Å². The van der Waals surface area contributed by atoms with Crippen LogP contribution in [0.25, 0.3) is 0 Å². The molecule has 9 N–H and O–H groups in total. The van der Waals surface area contributed by atoms with E-state index in [4.69, 9.17) is 15.3 Å². The lowest BCUT2D eigenvalue weighted by Crippen LogP contribution is -2.03. The highest BCUT2D eigenvalue weighted by Gasteiger charge is 2.07. The SMILES string of the molecule is Cc1ccc(O)c(CNc2cccc(C(=O)O)c2)c1.Cc1ccc(O)c(CNc2cccc(CC(=O)O)c2)c1.Cc1ccc(O)c(CNc2cccc(CO)c2)c1. The van der Waals surface area contributed by atoms with E-state index in [0.717, 1.165) is 55.9 Å². The molecular weight excluding hydrogens is 723 g/mol. The monoisotopic (exact) mass is 771 g/mol. The summed E-state index contributed by atoms with van der Waals surface area (Å²) in [7, 11) is 0. The summed E-state index contributed by atoms with van der Waals surface area (Å²) in [6.45, 7) is 7.44. The van der Waals surface area contributed by atoms with Gasteiger partial charge in [-0.1, -0.05) is 83.4 Å². The van der Waals surface area contributed by atoms with E-state index in [-0.39, 0.29) is 30.1 Å². The van der Waals surface area contributed by atoms with Gasteiger partial charge in [0, 0.05) is 53.4 Å². The second-order valence-corrected chi connectivity index (χ2v) is 13.5. The summed E-state index contributed by atoms with van der Waals surface area (Å²) in [6, 6.07) is 37.8. The van der Waals surface area contributed by atoms with Gasteiger partial charge in [-0.05, 0) is 92.6 Å². The minimum Gasteiger partial charge on any atom is -0.508 e. The molecule has 0 radical (unpaired) electrons. The minimum atomic E-state index is -0.956. The maximum Gasteiger partial charge on any atom is 0.335 e. The Hall–Kier alpha value is -6.98. The van der Waals surface area contributed by atoms with E-state index < -0.39 is 11.9 Å². The Kier molecular flexibility index (Phi) is 15.9. The number of anilines is 3. The fourth-order valence-electron chi connectivity index (χ4n) is 5.67. The summed E-state index contributed by atoms with van der Waals surface area (Å²) in [5, 5.41) is 65.5. The van der Waals surface area contributed by atoms with Crippen LogP contribution in [0.15, 0.2) is 127 Å². The maximum absolute atomic E-state index is 10.9. The van der Waals surface area contributed by atoms with E-state index in [1.807, 2.05) is 93.6 Å². The number of nitrogens with one attached hydrogen (secondary N) is 3. The van der Waals surface area contributed by atoms with E-state index in [1.54, 1.807) is 48.5 Å². The van der Waals surface area contributed by atoms with Crippen LogP contribution < -0.4 is 16.0 Å². The molecule has 0 aliphatic rings. The van der Waals surface area contributed by atoms with Gasteiger partial charge >= 0.3 is 11.9 Å². The molecule has 0 saturated heterocycles. The standard InChI is InChI=1S/C16H17NO3.C15H15NO3.C15H17NO2/c1-11-5-6-15(18)13(7-11)10-17-14-4-2-3-12(8-14)9-16(19)20;1-10-5-6-14(17)12(7-10)9-16-13-4-2-3-11(8-13)15(18)19;1-11-5-6-15(18)13(7-11)9-16-14-4-2-3-12(8-14)10-17/h2-8,17-18H,9-10H2,1H3,(H,19,20);2-8,16-17H,9H2,1H3,(H,18,19);2-8,16-18H,9-10H2,1H3. The van der Waals surface area contributed by atoms with Crippen molar-refractivity contribution in [2.75, 3.05) is 16.0 Å². The molecule has 0 heterocycles. The van der Waals surface area contributed by atoms with Gasteiger partial charge in [0.25, 0.3) is 0 Å². The molecule has 0 amide bonds. The van der Waals surface area contributed by atoms with Gasteiger partial charge < -0.3 is 46.6 Å². The second kappa shape index (κ2) is 21.2. The highest BCUT2D eigenvalue weighted by Crippen LogP contribution is 2.23. The highest BCUT2D eigenvalue weighted by atomic mass is 16.4. The number of carboxylic acid groups (broad SMARTS) is 2. The van der Waals surface area contributed by atoms with Gasteiger partial charge in [0.2, 0.25) is 0 Å². The van der Waals surface area contributed by atoms with Crippen LogP contribution in [0.1, 0.15) is 54.9 Å². The number of carboxylic acids is 2. The molecule has 0 spiro atoms. The number of rotatable bonds is 13. The lowest BCUT2D eigenvalue weighted by molar-refractivity contribution is -0.136. The minimum absolute atomic E-state index is 0.00517. The smallest absolute Gasteiger partial charge is 0.335 e. The summed E-state index contributed by atoms with van der Waals surface area (Å²) in [6.07, 6.45) is 0.00517. The molecule has 0 aliphatic carbocycles. The van der Waals surface area contributed by atoms with Crippen molar-refractivity contribution in [3.05, 3.63) is 177 Å². The molecule has 0 saturated carbocycles. The van der Waals surface area contributed by atoms with Gasteiger partial charge in [0.15, 0.2) is 0 Å². The Labute approximate surface area is 332 Å². The van der Waals surface area contributed by atoms with Crippen molar-refractivity contribution in [1.29, 1.82) is 0 Å². The highest BCUT2D eigenvalue weighted by molar-refractivity contribution is 5.88. The molecule has 0 aliphatic heterocycles. The average molecular weight is 772 g/mol. The molecule has 0 bridgehead atoms. The van der Waals surface area contributed by atoms with E-state index in [1.165, 1.54) is 6.07 Å². The van der Waals surface area contributed by atoms with Crippen LogP contribution in [-0.2, 0) is 37.5 Å².